The fraction of sp³-hybridized carbons (Fsp3) is 0.667. The molecule has 0 spiro atoms. The largest absolute Gasteiger partial charge is 0.494 e. The molecule has 2 aliphatic heterocycles. The van der Waals surface area contributed by atoms with Crippen molar-refractivity contribution in [2.45, 2.75) is 6.42 Å². The van der Waals surface area contributed by atoms with Crippen LogP contribution in [0.4, 0.5) is 10.7 Å². The van der Waals surface area contributed by atoms with E-state index >= 15 is 0 Å². The number of nitrogens with zero attached hydrogens (tertiary/aromatic N) is 5. The minimum atomic E-state index is 0.116. The fourth-order valence-corrected chi connectivity index (χ4v) is 2.84. The first-order valence-corrected chi connectivity index (χ1v) is 8.00. The Hall–Kier alpha value is -2.09. The van der Waals surface area contributed by atoms with E-state index in [1.54, 1.807) is 19.5 Å². The molecule has 2 amide bonds. The van der Waals surface area contributed by atoms with Gasteiger partial charge in [-0.3, -0.25) is 0 Å². The first kappa shape index (κ1) is 15.8. The molecule has 0 unspecified atom stereocenters. The molecule has 1 aromatic rings. The molecule has 126 valence electrons. The third-order valence-corrected chi connectivity index (χ3v) is 4.18. The van der Waals surface area contributed by atoms with Gasteiger partial charge in [-0.05, 0) is 6.42 Å². The number of anilines is 1. The SMILES string of the molecule is COc1cnc(N2CCCN(C(=O)N3CCOCC3)CC2)nc1. The number of amides is 2. The standard InChI is InChI=1S/C15H23N5O3/c1-22-13-11-16-14(17-12-13)18-3-2-4-19(6-5-18)15(21)20-7-9-23-10-8-20/h11-12H,2-10H2,1H3. The van der Waals surface area contributed by atoms with Gasteiger partial charge in [-0.1, -0.05) is 0 Å². The van der Waals surface area contributed by atoms with Crippen LogP contribution in [0.5, 0.6) is 5.75 Å². The molecule has 2 aliphatic rings. The first-order valence-electron chi connectivity index (χ1n) is 8.00. The van der Waals surface area contributed by atoms with Crippen molar-refractivity contribution in [3.63, 3.8) is 0 Å². The normalized spacial score (nSPS) is 19.4. The van der Waals surface area contributed by atoms with Gasteiger partial charge < -0.3 is 24.2 Å². The summed E-state index contributed by atoms with van der Waals surface area (Å²) in [6.07, 6.45) is 4.25. The quantitative estimate of drug-likeness (QED) is 0.788. The van der Waals surface area contributed by atoms with Gasteiger partial charge in [-0.25, -0.2) is 14.8 Å². The van der Waals surface area contributed by atoms with Crippen molar-refractivity contribution in [1.82, 2.24) is 19.8 Å². The van der Waals surface area contributed by atoms with Crippen LogP contribution in [0, 0.1) is 0 Å². The number of morpholine rings is 1. The average molecular weight is 321 g/mol. The number of aromatic nitrogens is 2. The van der Waals surface area contributed by atoms with Crippen LogP contribution >= 0.6 is 0 Å². The smallest absolute Gasteiger partial charge is 0.320 e. The molecule has 0 saturated carbocycles. The van der Waals surface area contributed by atoms with E-state index < -0.39 is 0 Å². The topological polar surface area (TPSA) is 71.0 Å². The molecule has 8 nitrogen and oxygen atoms in total. The van der Waals surface area contributed by atoms with Crippen LogP contribution in [-0.4, -0.2) is 85.4 Å². The fourth-order valence-electron chi connectivity index (χ4n) is 2.84. The maximum absolute atomic E-state index is 12.6. The van der Waals surface area contributed by atoms with Gasteiger partial charge in [-0.15, -0.1) is 0 Å². The van der Waals surface area contributed by atoms with Crippen LogP contribution in [0.15, 0.2) is 12.4 Å². The van der Waals surface area contributed by atoms with E-state index in [0.29, 0.717) is 44.5 Å². The maximum atomic E-state index is 12.6. The summed E-state index contributed by atoms with van der Waals surface area (Å²) in [4.78, 5) is 27.2. The number of urea groups is 1. The molecule has 2 fully saturated rings. The number of hydrogen-bond donors (Lipinski definition) is 0. The molecule has 3 heterocycles. The van der Waals surface area contributed by atoms with E-state index in [2.05, 4.69) is 14.9 Å². The molecule has 3 rings (SSSR count). The Kier molecular flexibility index (Phi) is 5.12. The van der Waals surface area contributed by atoms with Crippen molar-refractivity contribution in [2.75, 3.05) is 64.5 Å². The monoisotopic (exact) mass is 321 g/mol. The third-order valence-electron chi connectivity index (χ3n) is 4.18. The second kappa shape index (κ2) is 7.45. The Morgan fingerprint density at radius 3 is 2.43 bits per heavy atom. The highest BCUT2D eigenvalue weighted by atomic mass is 16.5. The molecule has 0 aromatic carbocycles. The van der Waals surface area contributed by atoms with Crippen LogP contribution in [0.1, 0.15) is 6.42 Å². The van der Waals surface area contributed by atoms with E-state index in [9.17, 15) is 4.79 Å². The minimum absolute atomic E-state index is 0.116. The van der Waals surface area contributed by atoms with Gasteiger partial charge >= 0.3 is 6.03 Å². The average Bonchev–Trinajstić information content (AvgIpc) is 2.88. The lowest BCUT2D eigenvalue weighted by Crippen LogP contribution is -2.49. The molecule has 2 saturated heterocycles. The molecule has 0 aliphatic carbocycles. The van der Waals surface area contributed by atoms with Crippen LogP contribution in [0.2, 0.25) is 0 Å². The predicted octanol–water partition coefficient (Wildman–Crippen LogP) is 0.450. The highest BCUT2D eigenvalue weighted by Crippen LogP contribution is 2.15. The number of carbonyl (C=O) groups excluding carboxylic acids is 1. The number of carbonyl (C=O) groups is 1. The molecule has 8 heteroatoms. The predicted molar refractivity (Wildman–Crippen MR) is 84.8 cm³/mol. The van der Waals surface area contributed by atoms with Gasteiger partial charge in [0.1, 0.15) is 0 Å². The Labute approximate surface area is 136 Å². The highest BCUT2D eigenvalue weighted by Gasteiger charge is 2.25. The second-order valence-electron chi connectivity index (χ2n) is 5.63. The van der Waals surface area contributed by atoms with Gasteiger partial charge in [0.15, 0.2) is 5.75 Å². The molecule has 23 heavy (non-hydrogen) atoms. The van der Waals surface area contributed by atoms with Crippen molar-refractivity contribution in [3.05, 3.63) is 12.4 Å². The molecule has 0 bridgehead atoms. The maximum Gasteiger partial charge on any atom is 0.320 e. The van der Waals surface area contributed by atoms with Crippen molar-refractivity contribution < 1.29 is 14.3 Å². The van der Waals surface area contributed by atoms with Gasteiger partial charge in [0, 0.05) is 39.3 Å². The summed E-state index contributed by atoms with van der Waals surface area (Å²) in [5.74, 6) is 1.33. The lowest BCUT2D eigenvalue weighted by molar-refractivity contribution is 0.0438. The van der Waals surface area contributed by atoms with Crippen molar-refractivity contribution >= 4 is 12.0 Å². The molecule has 0 radical (unpaired) electrons. The van der Waals surface area contributed by atoms with Crippen LogP contribution in [0.3, 0.4) is 0 Å². The number of ether oxygens (including phenoxy) is 2. The van der Waals surface area contributed by atoms with Gasteiger partial charge in [0.2, 0.25) is 5.95 Å². The molecule has 0 N–H and O–H groups in total. The molecule has 0 atom stereocenters. The number of methoxy groups -OCH3 is 1. The van der Waals surface area contributed by atoms with Gasteiger partial charge in [-0.2, -0.15) is 0 Å². The van der Waals surface area contributed by atoms with E-state index in [4.69, 9.17) is 9.47 Å². The Balaban J connectivity index is 1.58. The second-order valence-corrected chi connectivity index (χ2v) is 5.63. The summed E-state index contributed by atoms with van der Waals surface area (Å²) in [7, 11) is 1.60. The summed E-state index contributed by atoms with van der Waals surface area (Å²) < 4.78 is 10.4. The van der Waals surface area contributed by atoms with E-state index in [-0.39, 0.29) is 6.03 Å². The van der Waals surface area contributed by atoms with Crippen molar-refractivity contribution in [2.24, 2.45) is 0 Å². The van der Waals surface area contributed by atoms with E-state index in [1.807, 2.05) is 9.80 Å². The highest BCUT2D eigenvalue weighted by molar-refractivity contribution is 5.74. The summed E-state index contributed by atoms with van der Waals surface area (Å²) >= 11 is 0. The Morgan fingerprint density at radius 1 is 1.04 bits per heavy atom. The molecular weight excluding hydrogens is 298 g/mol. The van der Waals surface area contributed by atoms with E-state index in [1.165, 1.54) is 0 Å². The minimum Gasteiger partial charge on any atom is -0.494 e. The molecule has 1 aromatic heterocycles. The van der Waals surface area contributed by atoms with Crippen molar-refractivity contribution in [3.8, 4) is 5.75 Å². The lowest BCUT2D eigenvalue weighted by atomic mass is 10.4. The van der Waals surface area contributed by atoms with Crippen LogP contribution < -0.4 is 9.64 Å². The van der Waals surface area contributed by atoms with Crippen LogP contribution in [0.25, 0.3) is 0 Å². The van der Waals surface area contributed by atoms with Crippen LogP contribution in [-0.2, 0) is 4.74 Å². The van der Waals surface area contributed by atoms with Crippen molar-refractivity contribution in [1.29, 1.82) is 0 Å². The third kappa shape index (κ3) is 3.82. The number of rotatable bonds is 2. The van der Waals surface area contributed by atoms with Gasteiger partial charge in [0.25, 0.3) is 0 Å². The van der Waals surface area contributed by atoms with E-state index in [0.717, 1.165) is 26.1 Å². The lowest BCUT2D eigenvalue weighted by Gasteiger charge is -2.32. The van der Waals surface area contributed by atoms with Gasteiger partial charge in [0.05, 0.1) is 32.7 Å². The Bertz CT molecular complexity index is 518. The number of hydrogen-bond acceptors (Lipinski definition) is 6. The summed E-state index contributed by atoms with van der Waals surface area (Å²) in [5.41, 5.74) is 0. The zero-order valence-electron chi connectivity index (χ0n) is 13.5. The summed E-state index contributed by atoms with van der Waals surface area (Å²) in [6.45, 7) is 5.66. The summed E-state index contributed by atoms with van der Waals surface area (Å²) in [6, 6.07) is 0.116. The zero-order chi connectivity index (χ0) is 16.1. The summed E-state index contributed by atoms with van der Waals surface area (Å²) in [5, 5.41) is 0. The molecular formula is C15H23N5O3. The first-order chi connectivity index (χ1) is 11.3. The Morgan fingerprint density at radius 2 is 1.74 bits per heavy atom. The zero-order valence-corrected chi connectivity index (χ0v) is 13.5.